The summed E-state index contributed by atoms with van der Waals surface area (Å²) in [6.45, 7) is 8.95. The fourth-order valence-electron chi connectivity index (χ4n) is 1.50. The summed E-state index contributed by atoms with van der Waals surface area (Å²) >= 11 is 3.44. The number of rotatable bonds is 4. The second-order valence-electron chi connectivity index (χ2n) is 5.44. The van der Waals surface area contributed by atoms with Gasteiger partial charge < -0.3 is 10.6 Å². The van der Waals surface area contributed by atoms with Crippen LogP contribution >= 0.6 is 15.9 Å². The average Bonchev–Trinajstić information content (AvgIpc) is 2.21. The third kappa shape index (κ3) is 5.65. The van der Waals surface area contributed by atoms with Gasteiger partial charge in [0.1, 0.15) is 0 Å². The van der Waals surface area contributed by atoms with Gasteiger partial charge in [-0.2, -0.15) is 0 Å². The molecule has 0 aromatic heterocycles. The minimum Gasteiger partial charge on any atom is -0.326 e. The van der Waals surface area contributed by atoms with Crippen molar-refractivity contribution in [3.8, 4) is 0 Å². The normalized spacial score (nSPS) is 11.4. The summed E-state index contributed by atoms with van der Waals surface area (Å²) in [5, 5.41) is 6.19. The van der Waals surface area contributed by atoms with Crippen LogP contribution in [0.15, 0.2) is 22.7 Å². The molecule has 1 rings (SSSR count). The summed E-state index contributed by atoms with van der Waals surface area (Å²) in [5.74, 6) is 0.0356. The average molecular weight is 313 g/mol. The molecule has 0 aliphatic carbocycles. The van der Waals surface area contributed by atoms with Crippen molar-refractivity contribution in [1.82, 2.24) is 5.32 Å². The van der Waals surface area contributed by atoms with Gasteiger partial charge in [-0.1, -0.05) is 15.9 Å². The monoisotopic (exact) mass is 312 g/mol. The Hall–Kier alpha value is -0.870. The van der Waals surface area contributed by atoms with E-state index < -0.39 is 0 Å². The molecule has 2 N–H and O–H groups in total. The van der Waals surface area contributed by atoms with Crippen LogP contribution in [0, 0.1) is 6.92 Å². The van der Waals surface area contributed by atoms with Gasteiger partial charge in [-0.05, 0) is 51.5 Å². The second-order valence-corrected chi connectivity index (χ2v) is 6.29. The van der Waals surface area contributed by atoms with Crippen LogP contribution in [0.1, 0.15) is 32.8 Å². The van der Waals surface area contributed by atoms with Crippen LogP contribution in [-0.2, 0) is 4.79 Å². The SMILES string of the molecule is Cc1cc(NC(=O)CCNC(C)(C)C)ccc1Br. The molecule has 0 fully saturated rings. The summed E-state index contributed by atoms with van der Waals surface area (Å²) in [7, 11) is 0. The van der Waals surface area contributed by atoms with E-state index in [1.54, 1.807) is 0 Å². The van der Waals surface area contributed by atoms with Gasteiger partial charge in [0.05, 0.1) is 0 Å². The van der Waals surface area contributed by atoms with E-state index >= 15 is 0 Å². The van der Waals surface area contributed by atoms with E-state index in [0.717, 1.165) is 15.7 Å². The van der Waals surface area contributed by atoms with Crippen LogP contribution in [0.2, 0.25) is 0 Å². The first-order valence-electron chi connectivity index (χ1n) is 6.09. The molecule has 18 heavy (non-hydrogen) atoms. The van der Waals surface area contributed by atoms with Gasteiger partial charge in [-0.15, -0.1) is 0 Å². The van der Waals surface area contributed by atoms with Gasteiger partial charge >= 0.3 is 0 Å². The predicted octanol–water partition coefficient (Wildman–Crippen LogP) is 3.47. The molecule has 100 valence electrons. The van der Waals surface area contributed by atoms with Crippen molar-refractivity contribution >= 4 is 27.5 Å². The minimum absolute atomic E-state index is 0.0356. The predicted molar refractivity (Wildman–Crippen MR) is 79.9 cm³/mol. The lowest BCUT2D eigenvalue weighted by atomic mass is 10.1. The van der Waals surface area contributed by atoms with Crippen LogP contribution in [0.4, 0.5) is 5.69 Å². The summed E-state index contributed by atoms with van der Waals surface area (Å²) < 4.78 is 1.05. The molecule has 1 amide bonds. The molecular formula is C14H21BrN2O. The standard InChI is InChI=1S/C14H21BrN2O/c1-10-9-11(5-6-12(10)15)17-13(18)7-8-16-14(2,3)4/h5-6,9,16H,7-8H2,1-4H3,(H,17,18). The molecule has 0 radical (unpaired) electrons. The molecule has 0 unspecified atom stereocenters. The maximum atomic E-state index is 11.7. The lowest BCUT2D eigenvalue weighted by Crippen LogP contribution is -2.37. The molecule has 0 atom stereocenters. The lowest BCUT2D eigenvalue weighted by molar-refractivity contribution is -0.116. The molecule has 0 aliphatic heterocycles. The quantitative estimate of drug-likeness (QED) is 0.893. The smallest absolute Gasteiger partial charge is 0.225 e. The van der Waals surface area contributed by atoms with Crippen LogP contribution in [-0.4, -0.2) is 18.0 Å². The summed E-state index contributed by atoms with van der Waals surface area (Å²) in [6.07, 6.45) is 0.479. The number of nitrogens with one attached hydrogen (secondary N) is 2. The largest absolute Gasteiger partial charge is 0.326 e. The molecule has 0 bridgehead atoms. The topological polar surface area (TPSA) is 41.1 Å². The first kappa shape index (κ1) is 15.2. The zero-order valence-corrected chi connectivity index (χ0v) is 13.0. The highest BCUT2D eigenvalue weighted by atomic mass is 79.9. The zero-order valence-electron chi connectivity index (χ0n) is 11.4. The van der Waals surface area contributed by atoms with Gasteiger partial charge in [0.15, 0.2) is 0 Å². The lowest BCUT2D eigenvalue weighted by Gasteiger charge is -2.20. The fourth-order valence-corrected chi connectivity index (χ4v) is 1.74. The van der Waals surface area contributed by atoms with E-state index in [4.69, 9.17) is 0 Å². The molecule has 4 heteroatoms. The van der Waals surface area contributed by atoms with Crippen LogP contribution in [0.5, 0.6) is 0 Å². The number of anilines is 1. The van der Waals surface area contributed by atoms with Crippen LogP contribution in [0.3, 0.4) is 0 Å². The summed E-state index contributed by atoms with van der Waals surface area (Å²) in [5.41, 5.74) is 2.01. The number of carbonyl (C=O) groups is 1. The Morgan fingerprint density at radius 3 is 2.56 bits per heavy atom. The third-order valence-electron chi connectivity index (χ3n) is 2.45. The second kappa shape index (κ2) is 6.34. The van der Waals surface area contributed by atoms with Crippen molar-refractivity contribution in [2.24, 2.45) is 0 Å². The third-order valence-corrected chi connectivity index (χ3v) is 3.34. The van der Waals surface area contributed by atoms with Gasteiger partial charge in [-0.25, -0.2) is 0 Å². The number of carbonyl (C=O) groups excluding carboxylic acids is 1. The van der Waals surface area contributed by atoms with Crippen LogP contribution in [0.25, 0.3) is 0 Å². The van der Waals surface area contributed by atoms with E-state index in [-0.39, 0.29) is 11.4 Å². The molecular weight excluding hydrogens is 292 g/mol. The Morgan fingerprint density at radius 2 is 2.00 bits per heavy atom. The maximum Gasteiger partial charge on any atom is 0.225 e. The number of aryl methyl sites for hydroxylation is 1. The van der Waals surface area contributed by atoms with E-state index in [9.17, 15) is 4.79 Å². The van der Waals surface area contributed by atoms with Crippen molar-refractivity contribution in [2.45, 2.75) is 39.7 Å². The highest BCUT2D eigenvalue weighted by molar-refractivity contribution is 9.10. The highest BCUT2D eigenvalue weighted by Gasteiger charge is 2.09. The molecule has 3 nitrogen and oxygen atoms in total. The Bertz CT molecular complexity index is 424. The number of hydrogen-bond acceptors (Lipinski definition) is 2. The van der Waals surface area contributed by atoms with Gasteiger partial charge in [-0.3, -0.25) is 4.79 Å². The molecule has 1 aromatic carbocycles. The first-order chi connectivity index (χ1) is 8.28. The van der Waals surface area contributed by atoms with Gasteiger partial charge in [0.25, 0.3) is 0 Å². The fraction of sp³-hybridized carbons (Fsp3) is 0.500. The van der Waals surface area contributed by atoms with Crippen LogP contribution < -0.4 is 10.6 Å². The van der Waals surface area contributed by atoms with Gasteiger partial charge in [0, 0.05) is 28.7 Å². The van der Waals surface area contributed by atoms with E-state index in [1.807, 2.05) is 25.1 Å². The summed E-state index contributed by atoms with van der Waals surface area (Å²) in [6, 6.07) is 5.80. The maximum absolute atomic E-state index is 11.7. The molecule has 1 aromatic rings. The number of halogens is 1. The molecule has 0 aliphatic rings. The zero-order chi connectivity index (χ0) is 13.8. The number of amides is 1. The van der Waals surface area contributed by atoms with Crippen molar-refractivity contribution in [2.75, 3.05) is 11.9 Å². The summed E-state index contributed by atoms with van der Waals surface area (Å²) in [4.78, 5) is 11.7. The highest BCUT2D eigenvalue weighted by Crippen LogP contribution is 2.19. The molecule has 0 saturated heterocycles. The molecule has 0 saturated carbocycles. The molecule has 0 spiro atoms. The number of benzene rings is 1. The van der Waals surface area contributed by atoms with E-state index in [1.165, 1.54) is 0 Å². The van der Waals surface area contributed by atoms with Crippen molar-refractivity contribution in [3.05, 3.63) is 28.2 Å². The Morgan fingerprint density at radius 1 is 1.33 bits per heavy atom. The minimum atomic E-state index is 0.0356. The Labute approximate surface area is 117 Å². The van der Waals surface area contributed by atoms with Crippen molar-refractivity contribution < 1.29 is 4.79 Å². The van der Waals surface area contributed by atoms with E-state index in [2.05, 4.69) is 47.3 Å². The van der Waals surface area contributed by atoms with E-state index in [0.29, 0.717) is 13.0 Å². The number of hydrogen-bond donors (Lipinski definition) is 2. The van der Waals surface area contributed by atoms with Gasteiger partial charge in [0.2, 0.25) is 5.91 Å². The molecule has 0 heterocycles. The van der Waals surface area contributed by atoms with Crippen molar-refractivity contribution in [1.29, 1.82) is 0 Å². The van der Waals surface area contributed by atoms with Crippen molar-refractivity contribution in [3.63, 3.8) is 0 Å². The Kier molecular flexibility index (Phi) is 5.35. The Balaban J connectivity index is 2.42. The first-order valence-corrected chi connectivity index (χ1v) is 6.88.